The summed E-state index contributed by atoms with van der Waals surface area (Å²) in [5, 5.41) is 18.4. The molecule has 0 atom stereocenters. The van der Waals surface area contributed by atoms with E-state index in [0.29, 0.717) is 5.69 Å². The van der Waals surface area contributed by atoms with Gasteiger partial charge in [-0.25, -0.2) is 0 Å². The van der Waals surface area contributed by atoms with Gasteiger partial charge in [0.15, 0.2) is 0 Å². The summed E-state index contributed by atoms with van der Waals surface area (Å²) in [6.45, 7) is 0. The second-order valence-electron chi connectivity index (χ2n) is 4.07. The molecule has 80 valence electrons. The van der Waals surface area contributed by atoms with Crippen molar-refractivity contribution in [1.29, 1.82) is 0 Å². The van der Waals surface area contributed by atoms with Crippen LogP contribution in [-0.2, 0) is 10.2 Å². The van der Waals surface area contributed by atoms with Gasteiger partial charge in [-0.05, 0) is 30.5 Å². The zero-order chi connectivity index (χ0) is 11.1. The zero-order valence-corrected chi connectivity index (χ0v) is 8.18. The van der Waals surface area contributed by atoms with Crippen LogP contribution in [0.5, 0.6) is 0 Å². The summed E-state index contributed by atoms with van der Waals surface area (Å²) < 4.78 is 0. The van der Waals surface area contributed by atoms with Crippen LogP contribution >= 0.6 is 0 Å². The third kappa shape index (κ3) is 1.47. The average Bonchev–Trinajstić information content (AvgIpc) is 2.13. The number of hydrogen-bond acceptors (Lipinski definition) is 3. The van der Waals surface area contributed by atoms with Crippen molar-refractivity contribution >= 4 is 11.7 Å². The molecule has 15 heavy (non-hydrogen) atoms. The maximum absolute atomic E-state index is 11.2. The summed E-state index contributed by atoms with van der Waals surface area (Å²) in [5.41, 5.74) is 5.95. The Balaban J connectivity index is 2.34. The molecule has 1 saturated carbocycles. The van der Waals surface area contributed by atoms with E-state index < -0.39 is 17.5 Å². The highest BCUT2D eigenvalue weighted by Crippen LogP contribution is 2.44. The molecule has 0 spiro atoms. The van der Waals surface area contributed by atoms with Crippen LogP contribution in [0.15, 0.2) is 24.3 Å². The summed E-state index contributed by atoms with van der Waals surface area (Å²) in [6, 6.07) is 6.81. The minimum atomic E-state index is -0.910. The number of aliphatic carboxylic acids is 1. The van der Waals surface area contributed by atoms with Gasteiger partial charge < -0.3 is 15.9 Å². The number of hydrogen-bond donors (Lipinski definition) is 3. The quantitative estimate of drug-likeness (QED) is 0.625. The molecule has 0 heterocycles. The topological polar surface area (TPSA) is 83.6 Å². The number of benzene rings is 1. The van der Waals surface area contributed by atoms with E-state index in [-0.39, 0.29) is 12.8 Å². The molecule has 4 nitrogen and oxygen atoms in total. The Kier molecular flexibility index (Phi) is 2.16. The van der Waals surface area contributed by atoms with E-state index in [0.717, 1.165) is 5.56 Å². The highest BCUT2D eigenvalue weighted by atomic mass is 16.4. The number of nitrogens with two attached hydrogens (primary N) is 1. The number of carboxylic acid groups (broad SMARTS) is 1. The number of anilines is 1. The first-order chi connectivity index (χ1) is 7.04. The molecule has 0 aliphatic heterocycles. The Morgan fingerprint density at radius 3 is 2.27 bits per heavy atom. The lowest BCUT2D eigenvalue weighted by molar-refractivity contribution is -0.152. The predicted octanol–water partition coefficient (Wildman–Crippen LogP) is 0.746. The summed E-state index contributed by atoms with van der Waals surface area (Å²) in [5.74, 6) is -0.877. The Labute approximate surface area is 87.3 Å². The van der Waals surface area contributed by atoms with Crippen LogP contribution in [0.3, 0.4) is 0 Å². The fourth-order valence-electron chi connectivity index (χ4n) is 2.08. The lowest BCUT2D eigenvalue weighted by atomic mass is 9.63. The van der Waals surface area contributed by atoms with E-state index in [4.69, 9.17) is 5.73 Å². The molecule has 0 aromatic heterocycles. The molecule has 4 N–H and O–H groups in total. The smallest absolute Gasteiger partial charge is 0.314 e. The van der Waals surface area contributed by atoms with E-state index in [1.54, 1.807) is 24.3 Å². The third-order valence-corrected chi connectivity index (χ3v) is 3.04. The first-order valence-electron chi connectivity index (χ1n) is 4.82. The van der Waals surface area contributed by atoms with Crippen molar-refractivity contribution in [2.24, 2.45) is 0 Å². The van der Waals surface area contributed by atoms with Gasteiger partial charge in [0.25, 0.3) is 0 Å². The van der Waals surface area contributed by atoms with Crippen LogP contribution in [0, 0.1) is 0 Å². The molecular formula is C11H13NO3. The van der Waals surface area contributed by atoms with Crippen LogP contribution in [0.1, 0.15) is 18.4 Å². The fraction of sp³-hybridized carbons (Fsp3) is 0.364. The highest BCUT2D eigenvalue weighted by Gasteiger charge is 2.51. The average molecular weight is 207 g/mol. The van der Waals surface area contributed by atoms with Gasteiger partial charge in [0.1, 0.15) is 0 Å². The van der Waals surface area contributed by atoms with Gasteiger partial charge in [0.2, 0.25) is 0 Å². The summed E-state index contributed by atoms with van der Waals surface area (Å²) in [4.78, 5) is 11.2. The molecule has 0 bridgehead atoms. The molecule has 1 fully saturated rings. The SMILES string of the molecule is Nc1ccc(C2(C(=O)O)CC(O)C2)cc1. The standard InChI is InChI=1S/C11H13NO3/c12-8-3-1-7(2-4-8)11(10(14)15)5-9(13)6-11/h1-4,9,13H,5-6,12H2,(H,14,15). The molecule has 1 aromatic carbocycles. The van der Waals surface area contributed by atoms with Crippen LogP contribution in [0.2, 0.25) is 0 Å². The molecule has 0 saturated heterocycles. The summed E-state index contributed by atoms with van der Waals surface area (Å²) in [7, 11) is 0. The van der Waals surface area contributed by atoms with Gasteiger partial charge in [0.05, 0.1) is 11.5 Å². The van der Waals surface area contributed by atoms with Gasteiger partial charge >= 0.3 is 5.97 Å². The first-order valence-corrected chi connectivity index (χ1v) is 4.82. The molecule has 1 aliphatic rings. The monoisotopic (exact) mass is 207 g/mol. The van der Waals surface area contributed by atoms with Crippen LogP contribution in [0.25, 0.3) is 0 Å². The molecular weight excluding hydrogens is 194 g/mol. The number of aliphatic hydroxyl groups is 1. The van der Waals surface area contributed by atoms with Crippen molar-refractivity contribution in [1.82, 2.24) is 0 Å². The number of nitrogen functional groups attached to an aromatic ring is 1. The Hall–Kier alpha value is -1.55. The van der Waals surface area contributed by atoms with Crippen molar-refractivity contribution in [2.45, 2.75) is 24.4 Å². The van der Waals surface area contributed by atoms with Gasteiger partial charge in [-0.1, -0.05) is 12.1 Å². The van der Waals surface area contributed by atoms with E-state index in [1.807, 2.05) is 0 Å². The number of rotatable bonds is 2. The van der Waals surface area contributed by atoms with Crippen molar-refractivity contribution in [3.8, 4) is 0 Å². The third-order valence-electron chi connectivity index (χ3n) is 3.04. The molecule has 0 unspecified atom stereocenters. The Morgan fingerprint density at radius 2 is 1.87 bits per heavy atom. The predicted molar refractivity (Wildman–Crippen MR) is 55.4 cm³/mol. The molecule has 1 aliphatic carbocycles. The summed E-state index contributed by atoms with van der Waals surface area (Å²) in [6.07, 6.45) is 0.0667. The molecule has 1 aromatic rings. The van der Waals surface area contributed by atoms with E-state index >= 15 is 0 Å². The number of carbonyl (C=O) groups is 1. The maximum Gasteiger partial charge on any atom is 0.314 e. The van der Waals surface area contributed by atoms with Gasteiger partial charge in [0, 0.05) is 5.69 Å². The van der Waals surface area contributed by atoms with Crippen molar-refractivity contribution < 1.29 is 15.0 Å². The van der Waals surface area contributed by atoms with E-state index in [2.05, 4.69) is 0 Å². The molecule has 4 heteroatoms. The lowest BCUT2D eigenvalue weighted by Gasteiger charge is -2.42. The number of carboxylic acids is 1. The number of aliphatic hydroxyl groups excluding tert-OH is 1. The Bertz CT molecular complexity index is 379. The van der Waals surface area contributed by atoms with Gasteiger partial charge in [-0.15, -0.1) is 0 Å². The molecule has 0 amide bonds. The fourth-order valence-corrected chi connectivity index (χ4v) is 2.08. The molecule has 2 rings (SSSR count). The van der Waals surface area contributed by atoms with Crippen LogP contribution in [0.4, 0.5) is 5.69 Å². The second-order valence-corrected chi connectivity index (χ2v) is 4.07. The van der Waals surface area contributed by atoms with Crippen LogP contribution in [-0.4, -0.2) is 22.3 Å². The van der Waals surface area contributed by atoms with Gasteiger partial charge in [-0.3, -0.25) is 4.79 Å². The molecule has 0 radical (unpaired) electrons. The zero-order valence-electron chi connectivity index (χ0n) is 8.18. The van der Waals surface area contributed by atoms with Crippen LogP contribution < -0.4 is 5.73 Å². The largest absolute Gasteiger partial charge is 0.481 e. The normalized spacial score (nSPS) is 29.5. The van der Waals surface area contributed by atoms with Crippen molar-refractivity contribution in [2.75, 3.05) is 5.73 Å². The highest BCUT2D eigenvalue weighted by molar-refractivity contribution is 5.83. The lowest BCUT2D eigenvalue weighted by Crippen LogP contribution is -2.50. The maximum atomic E-state index is 11.2. The van der Waals surface area contributed by atoms with E-state index in [1.165, 1.54) is 0 Å². The van der Waals surface area contributed by atoms with Gasteiger partial charge in [-0.2, -0.15) is 0 Å². The van der Waals surface area contributed by atoms with Crippen molar-refractivity contribution in [3.05, 3.63) is 29.8 Å². The first kappa shape index (κ1) is 9.98. The summed E-state index contributed by atoms with van der Waals surface area (Å²) >= 11 is 0. The Morgan fingerprint density at radius 1 is 1.33 bits per heavy atom. The van der Waals surface area contributed by atoms with E-state index in [9.17, 15) is 15.0 Å². The second kappa shape index (κ2) is 3.24. The minimum absolute atomic E-state index is 0.284. The van der Waals surface area contributed by atoms with Crippen molar-refractivity contribution in [3.63, 3.8) is 0 Å². The minimum Gasteiger partial charge on any atom is -0.481 e.